The molecule has 0 aliphatic rings. The number of hydrogen-bond acceptors (Lipinski definition) is 5. The van der Waals surface area contributed by atoms with Crippen molar-refractivity contribution < 1.29 is 13.2 Å². The summed E-state index contributed by atoms with van der Waals surface area (Å²) in [5.74, 6) is 0.538. The van der Waals surface area contributed by atoms with E-state index in [0.717, 1.165) is 11.1 Å². The second-order valence-electron chi connectivity index (χ2n) is 8.09. The molecule has 3 rings (SSSR count). The molecule has 0 amide bonds. The molecular weight excluding hydrogens is 430 g/mol. The molecule has 2 aromatic carbocycles. The van der Waals surface area contributed by atoms with Crippen LogP contribution in [0.15, 0.2) is 63.0 Å². The highest BCUT2D eigenvalue weighted by Crippen LogP contribution is 2.29. The van der Waals surface area contributed by atoms with Crippen molar-refractivity contribution >= 4 is 15.7 Å². The van der Waals surface area contributed by atoms with E-state index in [1.165, 1.54) is 22.5 Å². The molecule has 0 bridgehead atoms. The number of benzene rings is 2. The van der Waals surface area contributed by atoms with Gasteiger partial charge in [-0.05, 0) is 55.7 Å². The molecule has 0 atom stereocenters. The number of nitrogens with zero attached hydrogens (tertiary/aromatic N) is 1. The van der Waals surface area contributed by atoms with Crippen molar-refractivity contribution in [1.82, 2.24) is 9.97 Å². The van der Waals surface area contributed by atoms with E-state index in [4.69, 9.17) is 4.74 Å². The van der Waals surface area contributed by atoms with Gasteiger partial charge in [0.05, 0.1) is 16.3 Å². The van der Waals surface area contributed by atoms with Gasteiger partial charge in [-0.25, -0.2) is 13.2 Å². The van der Waals surface area contributed by atoms with E-state index < -0.39 is 21.3 Å². The Morgan fingerprint density at radius 3 is 2.25 bits per heavy atom. The van der Waals surface area contributed by atoms with E-state index in [2.05, 4.69) is 9.97 Å². The smallest absolute Gasteiger partial charge is 0.326 e. The Balaban J connectivity index is 1.85. The summed E-state index contributed by atoms with van der Waals surface area (Å²) in [5.41, 5.74) is 1.79. The average Bonchev–Trinajstić information content (AvgIpc) is 2.70. The maximum atomic E-state index is 13.5. The lowest BCUT2D eigenvalue weighted by Gasteiger charge is -2.28. The first-order chi connectivity index (χ1) is 15.1. The van der Waals surface area contributed by atoms with Gasteiger partial charge in [0.2, 0.25) is 0 Å². The Labute approximate surface area is 186 Å². The molecule has 0 fully saturated rings. The van der Waals surface area contributed by atoms with Gasteiger partial charge in [-0.3, -0.25) is 14.1 Å². The molecule has 0 radical (unpaired) electrons. The molecule has 9 heteroatoms. The Hall–Kier alpha value is -3.33. The Morgan fingerprint density at radius 1 is 0.969 bits per heavy atom. The molecular formula is C23H27N3O5S. The number of rotatable bonds is 8. The molecule has 2 N–H and O–H groups in total. The second-order valence-corrected chi connectivity index (χ2v) is 9.96. The van der Waals surface area contributed by atoms with Crippen LogP contribution in [0.1, 0.15) is 30.7 Å². The van der Waals surface area contributed by atoms with Crippen LogP contribution in [-0.4, -0.2) is 24.9 Å². The minimum atomic E-state index is -3.79. The fourth-order valence-electron chi connectivity index (χ4n) is 3.34. The monoisotopic (exact) mass is 457 g/mol. The third-order valence-corrected chi connectivity index (χ3v) is 6.57. The minimum absolute atomic E-state index is 0.0344. The van der Waals surface area contributed by atoms with Gasteiger partial charge in [0.1, 0.15) is 12.4 Å². The summed E-state index contributed by atoms with van der Waals surface area (Å²) in [7, 11) is -3.79. The van der Waals surface area contributed by atoms with Gasteiger partial charge >= 0.3 is 5.69 Å². The van der Waals surface area contributed by atoms with Gasteiger partial charge in [-0.1, -0.05) is 31.5 Å². The van der Waals surface area contributed by atoms with Crippen LogP contribution < -0.4 is 20.3 Å². The third-order valence-electron chi connectivity index (χ3n) is 4.77. The Bertz CT molecular complexity index is 1280. The number of sulfonamides is 1. The zero-order valence-corrected chi connectivity index (χ0v) is 19.3. The molecule has 8 nitrogen and oxygen atoms in total. The van der Waals surface area contributed by atoms with Gasteiger partial charge in [-0.15, -0.1) is 0 Å². The number of nitrogens with one attached hydrogen (secondary N) is 2. The summed E-state index contributed by atoms with van der Waals surface area (Å²) < 4.78 is 34.0. The summed E-state index contributed by atoms with van der Waals surface area (Å²) in [4.78, 5) is 27.4. The Morgan fingerprint density at radius 2 is 1.66 bits per heavy atom. The van der Waals surface area contributed by atoms with Crippen molar-refractivity contribution in [2.75, 3.05) is 10.8 Å². The van der Waals surface area contributed by atoms with Crippen LogP contribution in [0.4, 0.5) is 5.69 Å². The van der Waals surface area contributed by atoms with Gasteiger partial charge < -0.3 is 9.72 Å². The summed E-state index contributed by atoms with van der Waals surface area (Å²) in [6.45, 7) is 8.14. The van der Waals surface area contributed by atoms with Gasteiger partial charge in [0.25, 0.3) is 15.6 Å². The number of H-pyrrole nitrogens is 2. The van der Waals surface area contributed by atoms with E-state index >= 15 is 0 Å². The van der Waals surface area contributed by atoms with Crippen LogP contribution in [0.5, 0.6) is 5.75 Å². The molecule has 0 saturated heterocycles. The second kappa shape index (κ2) is 9.44. The molecule has 0 aliphatic carbocycles. The number of aromatic nitrogens is 2. The van der Waals surface area contributed by atoms with E-state index in [9.17, 15) is 18.0 Å². The van der Waals surface area contributed by atoms with Crippen LogP contribution in [0.3, 0.4) is 0 Å². The topological polar surface area (TPSA) is 112 Å². The van der Waals surface area contributed by atoms with E-state index in [-0.39, 0.29) is 17.4 Å². The molecule has 170 valence electrons. The number of anilines is 1. The number of aryl methyl sites for hydroxylation is 2. The van der Waals surface area contributed by atoms with Crippen molar-refractivity contribution in [1.29, 1.82) is 0 Å². The van der Waals surface area contributed by atoms with Gasteiger partial charge in [0.15, 0.2) is 0 Å². The average molecular weight is 458 g/mol. The van der Waals surface area contributed by atoms with E-state index in [0.29, 0.717) is 23.7 Å². The standard InChI is InChI=1S/C23H27N3O5S/c1-15(2)13-26(21-10-5-16(3)11-17(21)4)32(29,30)20-8-6-19(7-9-20)31-14-18-12-22(27)25-23(28)24-18/h5-12,15H,13-14H2,1-4H3,(H2,24,25,27,28). The zero-order chi connectivity index (χ0) is 23.5. The maximum absolute atomic E-state index is 13.5. The van der Waals surface area contributed by atoms with Crippen LogP contribution in [-0.2, 0) is 16.6 Å². The fraction of sp³-hybridized carbons (Fsp3) is 0.304. The minimum Gasteiger partial charge on any atom is -0.487 e. The van der Waals surface area contributed by atoms with Crippen molar-refractivity contribution in [2.45, 2.75) is 39.2 Å². The number of ether oxygens (including phenoxy) is 1. The first-order valence-electron chi connectivity index (χ1n) is 10.2. The summed E-state index contributed by atoms with van der Waals surface area (Å²) in [5, 5.41) is 0. The maximum Gasteiger partial charge on any atom is 0.326 e. The van der Waals surface area contributed by atoms with Crippen molar-refractivity contribution in [3.63, 3.8) is 0 Å². The van der Waals surface area contributed by atoms with Crippen molar-refractivity contribution in [2.24, 2.45) is 5.92 Å². The zero-order valence-electron chi connectivity index (χ0n) is 18.5. The first kappa shape index (κ1) is 23.3. The SMILES string of the molecule is Cc1ccc(N(CC(C)C)S(=O)(=O)c2ccc(OCc3cc(=O)[nH]c(=O)[nH]3)cc2)c(C)c1. The fourth-order valence-corrected chi connectivity index (χ4v) is 5.03. The molecule has 0 spiro atoms. The molecule has 0 unspecified atom stereocenters. The molecule has 0 saturated carbocycles. The lowest BCUT2D eigenvalue weighted by atomic mass is 10.1. The third kappa shape index (κ3) is 5.47. The highest BCUT2D eigenvalue weighted by atomic mass is 32.2. The number of aromatic amines is 2. The molecule has 3 aromatic rings. The van der Waals surface area contributed by atoms with Crippen LogP contribution >= 0.6 is 0 Å². The largest absolute Gasteiger partial charge is 0.487 e. The predicted octanol–water partition coefficient (Wildman–Crippen LogP) is 3.11. The van der Waals surface area contributed by atoms with Crippen molar-refractivity contribution in [3.8, 4) is 5.75 Å². The van der Waals surface area contributed by atoms with Crippen LogP contribution in [0.25, 0.3) is 0 Å². The van der Waals surface area contributed by atoms with Crippen molar-refractivity contribution in [3.05, 3.63) is 86.2 Å². The molecule has 1 aromatic heterocycles. The van der Waals surface area contributed by atoms with Crippen LogP contribution in [0.2, 0.25) is 0 Å². The molecule has 0 aliphatic heterocycles. The van der Waals surface area contributed by atoms with E-state index in [1.807, 2.05) is 45.9 Å². The quantitative estimate of drug-likeness (QED) is 0.540. The number of hydrogen-bond donors (Lipinski definition) is 2. The lowest BCUT2D eigenvalue weighted by molar-refractivity contribution is 0.300. The summed E-state index contributed by atoms with van der Waals surface area (Å²) >= 11 is 0. The predicted molar refractivity (Wildman–Crippen MR) is 124 cm³/mol. The lowest BCUT2D eigenvalue weighted by Crippen LogP contribution is -2.34. The van der Waals surface area contributed by atoms with Crippen LogP contribution in [0, 0.1) is 19.8 Å². The Kier molecular flexibility index (Phi) is 6.88. The van der Waals surface area contributed by atoms with Gasteiger partial charge in [-0.2, -0.15) is 0 Å². The summed E-state index contributed by atoms with van der Waals surface area (Å²) in [6, 6.07) is 13.0. The van der Waals surface area contributed by atoms with Gasteiger partial charge in [0, 0.05) is 12.6 Å². The normalized spacial score (nSPS) is 11.5. The molecule has 1 heterocycles. The highest BCUT2D eigenvalue weighted by molar-refractivity contribution is 7.92. The first-order valence-corrected chi connectivity index (χ1v) is 11.7. The van der Waals surface area contributed by atoms with E-state index in [1.54, 1.807) is 12.1 Å². The molecule has 32 heavy (non-hydrogen) atoms. The summed E-state index contributed by atoms with van der Waals surface area (Å²) in [6.07, 6.45) is 0. The highest BCUT2D eigenvalue weighted by Gasteiger charge is 2.27.